The number of methoxy groups -OCH3 is 1. The molecule has 0 N–H and O–H groups in total. The van der Waals surface area contributed by atoms with Gasteiger partial charge < -0.3 is 9.47 Å². The van der Waals surface area contributed by atoms with Gasteiger partial charge in [-0.3, -0.25) is 4.79 Å². The Morgan fingerprint density at radius 1 is 1.39 bits per heavy atom. The summed E-state index contributed by atoms with van der Waals surface area (Å²) in [7, 11) is 1.44. The summed E-state index contributed by atoms with van der Waals surface area (Å²) in [6.07, 6.45) is 3.63. The quantitative estimate of drug-likeness (QED) is 0.751. The molecule has 1 aromatic rings. The van der Waals surface area contributed by atoms with Crippen LogP contribution in [0.25, 0.3) is 0 Å². The van der Waals surface area contributed by atoms with E-state index in [0.717, 1.165) is 25.9 Å². The van der Waals surface area contributed by atoms with Gasteiger partial charge in [0.25, 0.3) is 0 Å². The van der Waals surface area contributed by atoms with E-state index in [0.29, 0.717) is 12.3 Å². The van der Waals surface area contributed by atoms with Gasteiger partial charge >= 0.3 is 5.97 Å². The number of ether oxygens (including phenoxy) is 2. The molecule has 0 amide bonds. The van der Waals surface area contributed by atoms with Crippen LogP contribution in [-0.4, -0.2) is 25.8 Å². The highest BCUT2D eigenvalue weighted by Crippen LogP contribution is 2.27. The van der Waals surface area contributed by atoms with Crippen LogP contribution in [0.5, 0.6) is 0 Å². The fraction of sp³-hybridized carbons (Fsp3) is 0.533. The lowest BCUT2D eigenvalue weighted by molar-refractivity contribution is -0.142. The molecule has 1 fully saturated rings. The maximum Gasteiger partial charge on any atom is 0.305 e. The molecule has 18 heavy (non-hydrogen) atoms. The SMILES string of the molecule is COC(=O)C[C@H]1CCO[C@@H]1CCc1ccccc1. The van der Waals surface area contributed by atoms with Crippen molar-refractivity contribution in [3.05, 3.63) is 35.9 Å². The molecule has 1 aromatic carbocycles. The van der Waals surface area contributed by atoms with Crippen molar-refractivity contribution in [2.75, 3.05) is 13.7 Å². The minimum absolute atomic E-state index is 0.129. The monoisotopic (exact) mass is 248 g/mol. The predicted octanol–water partition coefficient (Wildman–Crippen LogP) is 2.59. The van der Waals surface area contributed by atoms with E-state index in [9.17, 15) is 4.79 Å². The average molecular weight is 248 g/mol. The standard InChI is InChI=1S/C15H20O3/c1-17-15(16)11-13-9-10-18-14(13)8-7-12-5-3-2-4-6-12/h2-6,13-14H,7-11H2,1H3/t13-,14-/m1/s1. The predicted molar refractivity (Wildman–Crippen MR) is 69.2 cm³/mol. The minimum Gasteiger partial charge on any atom is -0.469 e. The molecule has 98 valence electrons. The summed E-state index contributed by atoms with van der Waals surface area (Å²) in [4.78, 5) is 11.3. The number of hydrogen-bond donors (Lipinski definition) is 0. The van der Waals surface area contributed by atoms with Crippen LogP contribution in [0.1, 0.15) is 24.8 Å². The molecular formula is C15H20O3. The van der Waals surface area contributed by atoms with Gasteiger partial charge in [0.15, 0.2) is 0 Å². The van der Waals surface area contributed by atoms with E-state index < -0.39 is 0 Å². The van der Waals surface area contributed by atoms with Gasteiger partial charge in [-0.1, -0.05) is 30.3 Å². The van der Waals surface area contributed by atoms with Gasteiger partial charge in [0.1, 0.15) is 0 Å². The van der Waals surface area contributed by atoms with Gasteiger partial charge in [0.2, 0.25) is 0 Å². The smallest absolute Gasteiger partial charge is 0.305 e. The third-order valence-corrected chi connectivity index (χ3v) is 3.56. The maximum absolute atomic E-state index is 11.3. The highest BCUT2D eigenvalue weighted by atomic mass is 16.5. The summed E-state index contributed by atoms with van der Waals surface area (Å²) in [6.45, 7) is 0.765. The molecule has 0 aromatic heterocycles. The first-order valence-electron chi connectivity index (χ1n) is 6.52. The van der Waals surface area contributed by atoms with Crippen molar-refractivity contribution in [3.63, 3.8) is 0 Å². The Kier molecular flexibility index (Phi) is 4.76. The van der Waals surface area contributed by atoms with Gasteiger partial charge in [-0.25, -0.2) is 0 Å². The number of esters is 1. The van der Waals surface area contributed by atoms with Crippen LogP contribution in [0, 0.1) is 5.92 Å². The molecule has 0 saturated carbocycles. The van der Waals surface area contributed by atoms with Crippen LogP contribution in [-0.2, 0) is 20.7 Å². The van der Waals surface area contributed by atoms with Gasteiger partial charge in [-0.05, 0) is 30.7 Å². The molecular weight excluding hydrogens is 228 g/mol. The molecule has 1 aliphatic rings. The van der Waals surface area contributed by atoms with E-state index in [1.807, 2.05) is 6.07 Å². The largest absolute Gasteiger partial charge is 0.469 e. The second kappa shape index (κ2) is 6.55. The molecule has 3 nitrogen and oxygen atoms in total. The highest BCUT2D eigenvalue weighted by Gasteiger charge is 2.29. The zero-order valence-electron chi connectivity index (χ0n) is 10.8. The van der Waals surface area contributed by atoms with Crippen molar-refractivity contribution < 1.29 is 14.3 Å². The van der Waals surface area contributed by atoms with E-state index in [2.05, 4.69) is 24.3 Å². The summed E-state index contributed by atoms with van der Waals surface area (Å²) in [5, 5.41) is 0. The van der Waals surface area contributed by atoms with Crippen molar-refractivity contribution in [3.8, 4) is 0 Å². The molecule has 1 saturated heterocycles. The van der Waals surface area contributed by atoms with Crippen LogP contribution >= 0.6 is 0 Å². The van der Waals surface area contributed by atoms with Crippen LogP contribution < -0.4 is 0 Å². The number of rotatable bonds is 5. The third kappa shape index (κ3) is 3.57. The van der Waals surface area contributed by atoms with Gasteiger partial charge in [0, 0.05) is 6.61 Å². The molecule has 0 spiro atoms. The lowest BCUT2D eigenvalue weighted by Crippen LogP contribution is -2.20. The fourth-order valence-electron chi connectivity index (χ4n) is 2.50. The van der Waals surface area contributed by atoms with Crippen LogP contribution in [0.15, 0.2) is 30.3 Å². The number of aryl methyl sites for hydroxylation is 1. The van der Waals surface area contributed by atoms with Crippen LogP contribution in [0.4, 0.5) is 0 Å². The van der Waals surface area contributed by atoms with E-state index in [4.69, 9.17) is 9.47 Å². The van der Waals surface area contributed by atoms with Gasteiger partial charge in [0.05, 0.1) is 19.6 Å². The lowest BCUT2D eigenvalue weighted by Gasteiger charge is -2.17. The summed E-state index contributed by atoms with van der Waals surface area (Å²) in [5.74, 6) is 0.191. The Hall–Kier alpha value is -1.35. The van der Waals surface area contributed by atoms with E-state index >= 15 is 0 Å². The molecule has 2 rings (SSSR count). The highest BCUT2D eigenvalue weighted by molar-refractivity contribution is 5.69. The molecule has 1 aliphatic heterocycles. The fourth-order valence-corrected chi connectivity index (χ4v) is 2.50. The first-order valence-corrected chi connectivity index (χ1v) is 6.52. The Labute approximate surface area is 108 Å². The Bertz CT molecular complexity index is 375. The van der Waals surface area contributed by atoms with E-state index in [1.54, 1.807) is 0 Å². The zero-order valence-corrected chi connectivity index (χ0v) is 10.8. The van der Waals surface area contributed by atoms with Crippen molar-refractivity contribution in [1.29, 1.82) is 0 Å². The Morgan fingerprint density at radius 3 is 2.89 bits per heavy atom. The molecule has 0 aliphatic carbocycles. The summed E-state index contributed by atoms with van der Waals surface area (Å²) >= 11 is 0. The lowest BCUT2D eigenvalue weighted by atomic mass is 9.93. The average Bonchev–Trinajstić information content (AvgIpc) is 2.84. The first kappa shape index (κ1) is 13.1. The first-order chi connectivity index (χ1) is 8.79. The number of hydrogen-bond acceptors (Lipinski definition) is 3. The molecule has 0 unspecified atom stereocenters. The maximum atomic E-state index is 11.3. The molecule has 3 heteroatoms. The molecule has 2 atom stereocenters. The zero-order chi connectivity index (χ0) is 12.8. The molecule has 0 radical (unpaired) electrons. The van der Waals surface area contributed by atoms with Crippen LogP contribution in [0.2, 0.25) is 0 Å². The van der Waals surface area contributed by atoms with E-state index in [1.165, 1.54) is 12.7 Å². The third-order valence-electron chi connectivity index (χ3n) is 3.56. The Morgan fingerprint density at radius 2 is 2.17 bits per heavy atom. The summed E-state index contributed by atoms with van der Waals surface area (Å²) in [5.41, 5.74) is 1.32. The molecule has 0 bridgehead atoms. The van der Waals surface area contributed by atoms with Gasteiger partial charge in [-0.15, -0.1) is 0 Å². The van der Waals surface area contributed by atoms with Gasteiger partial charge in [-0.2, -0.15) is 0 Å². The van der Waals surface area contributed by atoms with Crippen molar-refractivity contribution in [1.82, 2.24) is 0 Å². The Balaban J connectivity index is 1.83. The topological polar surface area (TPSA) is 35.5 Å². The van der Waals surface area contributed by atoms with Crippen molar-refractivity contribution in [2.24, 2.45) is 5.92 Å². The number of carbonyl (C=O) groups excluding carboxylic acids is 1. The number of benzene rings is 1. The molecule has 1 heterocycles. The second-order valence-electron chi connectivity index (χ2n) is 4.76. The van der Waals surface area contributed by atoms with Crippen molar-refractivity contribution >= 4 is 5.97 Å². The minimum atomic E-state index is -0.129. The number of carbonyl (C=O) groups is 1. The van der Waals surface area contributed by atoms with Crippen molar-refractivity contribution in [2.45, 2.75) is 31.8 Å². The summed E-state index contributed by atoms with van der Waals surface area (Å²) < 4.78 is 10.5. The van der Waals surface area contributed by atoms with Crippen LogP contribution in [0.3, 0.4) is 0 Å². The normalized spacial score (nSPS) is 22.9. The second-order valence-corrected chi connectivity index (χ2v) is 4.76. The van der Waals surface area contributed by atoms with E-state index in [-0.39, 0.29) is 12.1 Å². The summed E-state index contributed by atoms with van der Waals surface area (Å²) in [6, 6.07) is 10.4.